The summed E-state index contributed by atoms with van der Waals surface area (Å²) in [6, 6.07) is 5.61. The Balaban J connectivity index is 2.34. The fraction of sp³-hybridized carbons (Fsp3) is 0. The van der Waals surface area contributed by atoms with Crippen molar-refractivity contribution in [2.24, 2.45) is 0 Å². The zero-order valence-corrected chi connectivity index (χ0v) is 10.3. The quantitative estimate of drug-likeness (QED) is 0.819. The summed E-state index contributed by atoms with van der Waals surface area (Å²) in [7, 11) is 0. The number of ether oxygens (including phenoxy) is 1. The summed E-state index contributed by atoms with van der Waals surface area (Å²) < 4.78 is 19.1. The summed E-state index contributed by atoms with van der Waals surface area (Å²) in [4.78, 5) is 3.89. The second-order valence-corrected chi connectivity index (χ2v) is 4.24. The Labute approximate surface area is 105 Å². The largest absolute Gasteiger partial charge is 0.454 e. The number of pyridine rings is 1. The van der Waals surface area contributed by atoms with Crippen molar-refractivity contribution >= 4 is 27.5 Å². The van der Waals surface area contributed by atoms with Gasteiger partial charge in [-0.1, -0.05) is 11.6 Å². The van der Waals surface area contributed by atoms with Crippen molar-refractivity contribution in [3.8, 4) is 11.5 Å². The zero-order valence-electron chi connectivity index (χ0n) is 7.95. The molecule has 0 fully saturated rings. The van der Waals surface area contributed by atoms with E-state index in [1.165, 1.54) is 18.2 Å². The van der Waals surface area contributed by atoms with Gasteiger partial charge in [-0.2, -0.15) is 0 Å². The minimum absolute atomic E-state index is 0.272. The van der Waals surface area contributed by atoms with Gasteiger partial charge in [0, 0.05) is 24.5 Å². The van der Waals surface area contributed by atoms with E-state index in [0.717, 1.165) is 0 Å². The second kappa shape index (κ2) is 4.80. The minimum Gasteiger partial charge on any atom is -0.454 e. The molecule has 0 aliphatic carbocycles. The Morgan fingerprint density at radius 2 is 2.06 bits per heavy atom. The van der Waals surface area contributed by atoms with Crippen molar-refractivity contribution in [1.29, 1.82) is 0 Å². The molecule has 0 unspecified atom stereocenters. The molecule has 5 heteroatoms. The third-order valence-electron chi connectivity index (χ3n) is 1.85. The lowest BCUT2D eigenvalue weighted by Gasteiger charge is -2.08. The lowest BCUT2D eigenvalue weighted by atomic mass is 10.3. The first-order valence-electron chi connectivity index (χ1n) is 4.39. The molecule has 0 amide bonds. The minimum atomic E-state index is -0.399. The van der Waals surface area contributed by atoms with Gasteiger partial charge in [0.2, 0.25) is 0 Å². The van der Waals surface area contributed by atoms with Crippen LogP contribution in [0.15, 0.2) is 41.1 Å². The average Bonchev–Trinajstić information content (AvgIpc) is 2.27. The molecule has 82 valence electrons. The van der Waals surface area contributed by atoms with Crippen molar-refractivity contribution in [1.82, 2.24) is 4.98 Å². The van der Waals surface area contributed by atoms with E-state index in [1.807, 2.05) is 0 Å². The second-order valence-electron chi connectivity index (χ2n) is 2.98. The van der Waals surface area contributed by atoms with Crippen LogP contribution in [0, 0.1) is 5.82 Å². The maximum absolute atomic E-state index is 13.0. The van der Waals surface area contributed by atoms with E-state index in [4.69, 9.17) is 16.3 Å². The normalized spacial score (nSPS) is 10.2. The van der Waals surface area contributed by atoms with E-state index in [1.54, 1.807) is 18.5 Å². The molecule has 0 atom stereocenters. The highest BCUT2D eigenvalue weighted by atomic mass is 79.9. The van der Waals surface area contributed by atoms with E-state index in [2.05, 4.69) is 20.9 Å². The Hall–Kier alpha value is -1.13. The maximum Gasteiger partial charge on any atom is 0.148 e. The van der Waals surface area contributed by atoms with Crippen LogP contribution in [0.5, 0.6) is 11.5 Å². The molecule has 0 saturated heterocycles. The third-order valence-corrected chi connectivity index (χ3v) is 2.76. The summed E-state index contributed by atoms with van der Waals surface area (Å²) in [5, 5.41) is 0.352. The van der Waals surface area contributed by atoms with Crippen LogP contribution in [0.2, 0.25) is 5.02 Å². The van der Waals surface area contributed by atoms with Gasteiger partial charge in [-0.15, -0.1) is 0 Å². The van der Waals surface area contributed by atoms with Crippen molar-refractivity contribution in [3.63, 3.8) is 0 Å². The monoisotopic (exact) mass is 301 g/mol. The number of halogens is 3. The first kappa shape index (κ1) is 11.4. The molecule has 0 N–H and O–H groups in total. The number of rotatable bonds is 2. The first-order chi connectivity index (χ1) is 7.66. The van der Waals surface area contributed by atoms with Crippen LogP contribution in [-0.4, -0.2) is 4.98 Å². The van der Waals surface area contributed by atoms with Crippen LogP contribution in [0.3, 0.4) is 0 Å². The smallest absolute Gasteiger partial charge is 0.148 e. The van der Waals surface area contributed by atoms with Gasteiger partial charge in [0.25, 0.3) is 0 Å². The van der Waals surface area contributed by atoms with E-state index >= 15 is 0 Å². The van der Waals surface area contributed by atoms with E-state index < -0.39 is 5.82 Å². The molecule has 16 heavy (non-hydrogen) atoms. The van der Waals surface area contributed by atoms with Gasteiger partial charge < -0.3 is 4.74 Å². The summed E-state index contributed by atoms with van der Waals surface area (Å²) in [5.74, 6) is 0.403. The summed E-state index contributed by atoms with van der Waals surface area (Å²) >= 11 is 9.15. The molecule has 0 aliphatic rings. The van der Waals surface area contributed by atoms with Gasteiger partial charge in [0.05, 0.1) is 9.50 Å². The van der Waals surface area contributed by atoms with E-state index in [0.29, 0.717) is 15.2 Å². The first-order valence-corrected chi connectivity index (χ1v) is 5.56. The SMILES string of the molecule is Fc1ccc(Cl)c(Oc2ccncc2Br)c1. The summed E-state index contributed by atoms with van der Waals surface area (Å²) in [6.07, 6.45) is 3.16. The van der Waals surface area contributed by atoms with E-state index in [9.17, 15) is 4.39 Å². The van der Waals surface area contributed by atoms with Gasteiger partial charge in [-0.25, -0.2) is 4.39 Å². The van der Waals surface area contributed by atoms with Crippen LogP contribution in [0.25, 0.3) is 0 Å². The average molecular weight is 303 g/mol. The van der Waals surface area contributed by atoms with Gasteiger partial charge in [0.1, 0.15) is 17.3 Å². The zero-order chi connectivity index (χ0) is 11.5. The van der Waals surface area contributed by atoms with Crippen molar-refractivity contribution in [2.75, 3.05) is 0 Å². The van der Waals surface area contributed by atoms with Crippen LogP contribution >= 0.6 is 27.5 Å². The molecule has 0 aliphatic heterocycles. The van der Waals surface area contributed by atoms with Crippen molar-refractivity contribution < 1.29 is 9.13 Å². The Kier molecular flexibility index (Phi) is 3.41. The molecule has 2 aromatic rings. The predicted molar refractivity (Wildman–Crippen MR) is 63.4 cm³/mol. The maximum atomic E-state index is 13.0. The number of benzene rings is 1. The predicted octanol–water partition coefficient (Wildman–Crippen LogP) is 4.43. The molecular weight excluding hydrogens is 296 g/mol. The highest BCUT2D eigenvalue weighted by Crippen LogP contribution is 2.33. The number of aromatic nitrogens is 1. The van der Waals surface area contributed by atoms with Gasteiger partial charge in [-0.05, 0) is 28.1 Å². The number of nitrogens with zero attached hydrogens (tertiary/aromatic N) is 1. The highest BCUT2D eigenvalue weighted by Gasteiger charge is 2.07. The highest BCUT2D eigenvalue weighted by molar-refractivity contribution is 9.10. The van der Waals surface area contributed by atoms with Crippen molar-refractivity contribution in [3.05, 3.63) is 52.0 Å². The standard InChI is InChI=1S/C11H6BrClFNO/c12-8-6-15-4-3-10(8)16-11-5-7(14)1-2-9(11)13/h1-6H. The molecule has 1 heterocycles. The fourth-order valence-corrected chi connectivity index (χ4v) is 1.61. The lowest BCUT2D eigenvalue weighted by Crippen LogP contribution is -1.88. The third kappa shape index (κ3) is 2.51. The van der Waals surface area contributed by atoms with Crippen LogP contribution in [-0.2, 0) is 0 Å². The molecule has 0 bridgehead atoms. The number of hydrogen-bond donors (Lipinski definition) is 0. The van der Waals surface area contributed by atoms with Crippen LogP contribution in [0.1, 0.15) is 0 Å². The molecule has 2 nitrogen and oxygen atoms in total. The molecule has 1 aromatic heterocycles. The lowest BCUT2D eigenvalue weighted by molar-refractivity contribution is 0.473. The summed E-state index contributed by atoms with van der Waals surface area (Å²) in [6.45, 7) is 0. The Morgan fingerprint density at radius 3 is 2.81 bits per heavy atom. The van der Waals surface area contributed by atoms with Gasteiger partial charge in [0.15, 0.2) is 0 Å². The van der Waals surface area contributed by atoms with E-state index in [-0.39, 0.29) is 5.75 Å². The molecule has 2 rings (SSSR count). The van der Waals surface area contributed by atoms with Crippen molar-refractivity contribution in [2.45, 2.75) is 0 Å². The molecule has 0 radical (unpaired) electrons. The van der Waals surface area contributed by atoms with Crippen LogP contribution < -0.4 is 4.74 Å². The molecule has 0 saturated carbocycles. The molecule has 1 aromatic carbocycles. The number of hydrogen-bond acceptors (Lipinski definition) is 2. The Morgan fingerprint density at radius 1 is 1.25 bits per heavy atom. The van der Waals surface area contributed by atoms with Gasteiger partial charge >= 0.3 is 0 Å². The molecule has 0 spiro atoms. The fourth-order valence-electron chi connectivity index (χ4n) is 1.12. The Bertz CT molecular complexity index is 521. The molecular formula is C11H6BrClFNO. The topological polar surface area (TPSA) is 22.1 Å². The summed E-state index contributed by atoms with van der Waals surface area (Å²) in [5.41, 5.74) is 0. The van der Waals surface area contributed by atoms with Gasteiger partial charge in [-0.3, -0.25) is 4.98 Å². The van der Waals surface area contributed by atoms with Crippen LogP contribution in [0.4, 0.5) is 4.39 Å².